The van der Waals surface area contributed by atoms with Crippen LogP contribution in [0.15, 0.2) is 18.3 Å². The fourth-order valence-corrected chi connectivity index (χ4v) is 0.932. The number of aromatic nitrogens is 1. The lowest BCUT2D eigenvalue weighted by Gasteiger charge is -1.97. The number of nitrogens with two attached hydrogens (primary N) is 1. The maximum atomic E-state index is 8.30. The fourth-order valence-electron chi connectivity index (χ4n) is 0.932. The van der Waals surface area contributed by atoms with E-state index in [4.69, 9.17) is 11.0 Å². The van der Waals surface area contributed by atoms with Crippen LogP contribution in [0.5, 0.6) is 0 Å². The van der Waals surface area contributed by atoms with Crippen LogP contribution in [-0.4, -0.2) is 4.98 Å². The molecule has 0 aromatic carbocycles. The van der Waals surface area contributed by atoms with Gasteiger partial charge in [-0.1, -0.05) is 0 Å². The molecule has 1 aromatic rings. The number of anilines is 1. The van der Waals surface area contributed by atoms with E-state index in [-0.39, 0.29) is 0 Å². The highest BCUT2D eigenvalue weighted by Gasteiger charge is 1.93. The van der Waals surface area contributed by atoms with Gasteiger partial charge in [0.25, 0.3) is 0 Å². The normalized spacial score (nSPS) is 9.25. The third kappa shape index (κ3) is 2.59. The van der Waals surface area contributed by atoms with Crippen molar-refractivity contribution in [3.63, 3.8) is 0 Å². The molecule has 0 atom stereocenters. The van der Waals surface area contributed by atoms with E-state index in [1.807, 2.05) is 12.1 Å². The van der Waals surface area contributed by atoms with E-state index in [0.29, 0.717) is 12.1 Å². The first-order valence-corrected chi connectivity index (χ1v) is 3.90. The lowest BCUT2D eigenvalue weighted by atomic mass is 10.2. The fraction of sp³-hybridized carbons (Fsp3) is 0.333. The highest BCUT2D eigenvalue weighted by atomic mass is 14.7. The molecule has 0 saturated heterocycles. The van der Waals surface area contributed by atoms with Gasteiger partial charge in [0.2, 0.25) is 0 Å². The first-order chi connectivity index (χ1) is 5.83. The first kappa shape index (κ1) is 8.54. The molecule has 3 nitrogen and oxygen atoms in total. The number of unbranched alkanes of at least 4 members (excludes halogenated alkanes) is 1. The number of hydrogen-bond acceptors (Lipinski definition) is 3. The molecule has 0 fully saturated rings. The van der Waals surface area contributed by atoms with Crippen LogP contribution in [0.4, 0.5) is 5.69 Å². The molecule has 0 amide bonds. The molecule has 1 rings (SSSR count). The molecular weight excluding hydrogens is 150 g/mol. The second kappa shape index (κ2) is 4.35. The minimum Gasteiger partial charge on any atom is -0.397 e. The zero-order chi connectivity index (χ0) is 8.81. The van der Waals surface area contributed by atoms with E-state index in [2.05, 4.69) is 11.1 Å². The van der Waals surface area contributed by atoms with E-state index in [9.17, 15) is 0 Å². The summed E-state index contributed by atoms with van der Waals surface area (Å²) in [6.45, 7) is 0. The van der Waals surface area contributed by atoms with Crippen molar-refractivity contribution >= 4 is 5.69 Å². The summed E-state index contributed by atoms with van der Waals surface area (Å²) in [5.41, 5.74) is 7.15. The molecule has 0 aliphatic carbocycles. The Kier molecular flexibility index (Phi) is 3.09. The third-order valence-electron chi connectivity index (χ3n) is 1.57. The number of nitriles is 1. The highest BCUT2D eigenvalue weighted by Crippen LogP contribution is 2.04. The Morgan fingerprint density at radius 2 is 2.33 bits per heavy atom. The van der Waals surface area contributed by atoms with Gasteiger partial charge in [0.1, 0.15) is 0 Å². The number of nitrogens with zero attached hydrogens (tertiary/aromatic N) is 2. The van der Waals surface area contributed by atoms with Crippen molar-refractivity contribution < 1.29 is 0 Å². The Hall–Kier alpha value is -1.56. The molecule has 62 valence electrons. The molecule has 1 heterocycles. The Balaban J connectivity index is 2.43. The number of nitrogen functional groups attached to an aromatic ring is 1. The smallest absolute Gasteiger partial charge is 0.0621 e. The van der Waals surface area contributed by atoms with Crippen molar-refractivity contribution in [1.29, 1.82) is 5.26 Å². The zero-order valence-corrected chi connectivity index (χ0v) is 6.83. The number of rotatable bonds is 3. The Bertz CT molecular complexity index is 271. The van der Waals surface area contributed by atoms with Gasteiger partial charge in [0.15, 0.2) is 0 Å². The standard InChI is InChI=1S/C9H11N3/c10-6-2-1-3-9-5-4-8(11)7-12-9/h4-5,7H,1-3,11H2. The number of hydrogen-bond donors (Lipinski definition) is 1. The van der Waals surface area contributed by atoms with E-state index in [1.165, 1.54) is 0 Å². The predicted molar refractivity (Wildman–Crippen MR) is 47.2 cm³/mol. The SMILES string of the molecule is N#CCCCc1ccc(N)cn1. The summed E-state index contributed by atoms with van der Waals surface area (Å²) in [4.78, 5) is 4.12. The van der Waals surface area contributed by atoms with Crippen molar-refractivity contribution in [3.05, 3.63) is 24.0 Å². The molecule has 1 aromatic heterocycles. The van der Waals surface area contributed by atoms with E-state index >= 15 is 0 Å². The van der Waals surface area contributed by atoms with Crippen molar-refractivity contribution in [2.24, 2.45) is 0 Å². The van der Waals surface area contributed by atoms with Crippen molar-refractivity contribution in [3.8, 4) is 6.07 Å². The van der Waals surface area contributed by atoms with Gasteiger partial charge >= 0.3 is 0 Å². The predicted octanol–water partition coefficient (Wildman–Crippen LogP) is 1.51. The molecule has 2 N–H and O–H groups in total. The van der Waals surface area contributed by atoms with Gasteiger partial charge in [-0.3, -0.25) is 4.98 Å². The van der Waals surface area contributed by atoms with Gasteiger partial charge in [0, 0.05) is 12.1 Å². The topological polar surface area (TPSA) is 62.7 Å². The minimum absolute atomic E-state index is 0.589. The molecule has 0 unspecified atom stereocenters. The Morgan fingerprint density at radius 1 is 1.50 bits per heavy atom. The van der Waals surface area contributed by atoms with Gasteiger partial charge in [-0.05, 0) is 25.0 Å². The molecule has 0 spiro atoms. The second-order valence-corrected chi connectivity index (χ2v) is 2.59. The number of aryl methyl sites for hydroxylation is 1. The van der Waals surface area contributed by atoms with E-state index in [1.54, 1.807) is 6.20 Å². The van der Waals surface area contributed by atoms with Crippen molar-refractivity contribution in [2.45, 2.75) is 19.3 Å². The van der Waals surface area contributed by atoms with Gasteiger partial charge in [-0.25, -0.2) is 0 Å². The summed E-state index contributed by atoms with van der Waals surface area (Å²) in [5, 5.41) is 8.30. The van der Waals surface area contributed by atoms with Crippen LogP contribution in [0, 0.1) is 11.3 Å². The summed E-state index contributed by atoms with van der Waals surface area (Å²) >= 11 is 0. The van der Waals surface area contributed by atoms with Gasteiger partial charge in [0.05, 0.1) is 18.0 Å². The second-order valence-electron chi connectivity index (χ2n) is 2.59. The molecule has 0 aliphatic heterocycles. The summed E-state index contributed by atoms with van der Waals surface area (Å²) in [6, 6.07) is 5.82. The molecular formula is C9H11N3. The van der Waals surface area contributed by atoms with Crippen molar-refractivity contribution in [2.75, 3.05) is 5.73 Å². The van der Waals surface area contributed by atoms with Crippen LogP contribution < -0.4 is 5.73 Å². The quantitative estimate of drug-likeness (QED) is 0.683. The molecule has 0 bridgehead atoms. The summed E-state index contributed by atoms with van der Waals surface area (Å²) in [6.07, 6.45) is 3.95. The maximum Gasteiger partial charge on any atom is 0.0621 e. The van der Waals surface area contributed by atoms with Crippen LogP contribution in [0.25, 0.3) is 0 Å². The van der Waals surface area contributed by atoms with Gasteiger partial charge < -0.3 is 5.73 Å². The summed E-state index contributed by atoms with van der Waals surface area (Å²) < 4.78 is 0. The van der Waals surface area contributed by atoms with Crippen LogP contribution in [0.1, 0.15) is 18.5 Å². The van der Waals surface area contributed by atoms with Crippen LogP contribution in [0.3, 0.4) is 0 Å². The monoisotopic (exact) mass is 161 g/mol. The average Bonchev–Trinajstić information content (AvgIpc) is 2.09. The molecule has 0 radical (unpaired) electrons. The highest BCUT2D eigenvalue weighted by molar-refractivity contribution is 5.34. The lowest BCUT2D eigenvalue weighted by Crippen LogP contribution is -1.91. The summed E-state index contributed by atoms with van der Waals surface area (Å²) in [7, 11) is 0. The molecule has 3 heteroatoms. The largest absolute Gasteiger partial charge is 0.397 e. The van der Waals surface area contributed by atoms with Crippen LogP contribution >= 0.6 is 0 Å². The molecule has 12 heavy (non-hydrogen) atoms. The van der Waals surface area contributed by atoms with Crippen LogP contribution in [0.2, 0.25) is 0 Å². The van der Waals surface area contributed by atoms with Gasteiger partial charge in [-0.2, -0.15) is 5.26 Å². The van der Waals surface area contributed by atoms with Gasteiger partial charge in [-0.15, -0.1) is 0 Å². The zero-order valence-electron chi connectivity index (χ0n) is 6.83. The minimum atomic E-state index is 0.589. The Morgan fingerprint density at radius 3 is 2.92 bits per heavy atom. The molecule has 0 aliphatic rings. The molecule has 0 saturated carbocycles. The van der Waals surface area contributed by atoms with Crippen LogP contribution in [-0.2, 0) is 6.42 Å². The maximum absolute atomic E-state index is 8.30. The van der Waals surface area contributed by atoms with E-state index in [0.717, 1.165) is 18.5 Å². The third-order valence-corrected chi connectivity index (χ3v) is 1.57. The van der Waals surface area contributed by atoms with Crippen molar-refractivity contribution in [1.82, 2.24) is 4.98 Å². The van der Waals surface area contributed by atoms with E-state index < -0.39 is 0 Å². The Labute approximate surface area is 71.8 Å². The first-order valence-electron chi connectivity index (χ1n) is 3.90. The summed E-state index contributed by atoms with van der Waals surface area (Å²) in [5.74, 6) is 0. The lowest BCUT2D eigenvalue weighted by molar-refractivity contribution is 0.825. The number of pyridine rings is 1. The average molecular weight is 161 g/mol.